The number of nitrogens with zero attached hydrogens (tertiary/aromatic N) is 6. The Bertz CT molecular complexity index is 2100. The molecular weight excluding hydrogens is 620 g/mol. The molecule has 2 N–H and O–H groups in total. The van der Waals surface area contributed by atoms with E-state index in [0.717, 1.165) is 46.3 Å². The molecule has 0 unspecified atom stereocenters. The van der Waals surface area contributed by atoms with Gasteiger partial charge in [-0.3, -0.25) is 19.6 Å². The summed E-state index contributed by atoms with van der Waals surface area (Å²) in [6.07, 6.45) is 13.7. The number of carbonyl (C=O) groups excluding carboxylic acids is 3. The number of allylic oxidation sites excluding steroid dienone is 1. The van der Waals surface area contributed by atoms with Crippen molar-refractivity contribution in [1.82, 2.24) is 24.4 Å². The number of rotatable bonds is 7. The van der Waals surface area contributed by atoms with Crippen LogP contribution in [0.1, 0.15) is 39.9 Å². The van der Waals surface area contributed by atoms with Crippen LogP contribution in [0.4, 0.5) is 21.9 Å². The first-order chi connectivity index (χ1) is 23.7. The van der Waals surface area contributed by atoms with Gasteiger partial charge in [0.1, 0.15) is 11.4 Å². The minimum atomic E-state index is -0.452. The summed E-state index contributed by atoms with van der Waals surface area (Å²) < 4.78 is 7.96. The molecule has 1 fully saturated rings. The van der Waals surface area contributed by atoms with Crippen LogP contribution in [0.25, 0.3) is 17.1 Å². The van der Waals surface area contributed by atoms with Crippen molar-refractivity contribution in [2.45, 2.75) is 26.3 Å². The Labute approximate surface area is 283 Å². The highest BCUT2D eigenvalue weighted by atomic mass is 16.5. The quantitative estimate of drug-likeness (QED) is 0.210. The molecule has 1 aromatic carbocycles. The predicted molar refractivity (Wildman–Crippen MR) is 187 cm³/mol. The fourth-order valence-corrected chi connectivity index (χ4v) is 6.52. The molecule has 2 aliphatic rings. The van der Waals surface area contributed by atoms with Crippen molar-refractivity contribution < 1.29 is 19.1 Å². The Balaban J connectivity index is 1.06. The third-order valence-corrected chi connectivity index (χ3v) is 9.10. The number of hydrogen-bond acceptors (Lipinski definition) is 8. The molecule has 3 amide bonds. The summed E-state index contributed by atoms with van der Waals surface area (Å²) in [4.78, 5) is 56.4. The van der Waals surface area contributed by atoms with Gasteiger partial charge >= 0.3 is 6.03 Å². The van der Waals surface area contributed by atoms with Gasteiger partial charge in [-0.1, -0.05) is 0 Å². The van der Waals surface area contributed by atoms with Crippen molar-refractivity contribution in [2.24, 2.45) is 13.0 Å². The summed E-state index contributed by atoms with van der Waals surface area (Å²) in [5.41, 5.74) is 6.12. The second-order valence-electron chi connectivity index (χ2n) is 12.5. The minimum absolute atomic E-state index is 0.0538. The number of aromatic nitrogens is 4. The first kappa shape index (κ1) is 31.6. The number of fused-ring (bicyclic) bond motifs is 2. The zero-order valence-corrected chi connectivity index (χ0v) is 27.5. The molecule has 0 bridgehead atoms. The standard InChI is InChI=1S/C37H36N8O4/c1-23-19-39-13-8-25(23)21-44(3)36(47)24-10-15-45(16-11-24)30-9-14-40-35-33(30)26(22-43(35)2)17-32-34(46)29-18-27(6-7-31(29)49-32)41-37(48)42-28-5-4-12-38-20-28/h4-9,12-14,17-20,22,24H,10-11,15-16,21H2,1-3H3,(H2,41,42,48)/b32-17-. The van der Waals surface area contributed by atoms with E-state index >= 15 is 0 Å². The molecule has 12 heteroatoms. The molecule has 4 aromatic heterocycles. The average Bonchev–Trinajstić information content (AvgIpc) is 3.60. The smallest absolute Gasteiger partial charge is 0.323 e. The highest BCUT2D eigenvalue weighted by Crippen LogP contribution is 2.37. The van der Waals surface area contributed by atoms with Crippen LogP contribution >= 0.6 is 0 Å². The van der Waals surface area contributed by atoms with Crippen LogP contribution in [0.3, 0.4) is 0 Å². The molecule has 12 nitrogen and oxygen atoms in total. The molecule has 6 heterocycles. The molecule has 0 spiro atoms. The van der Waals surface area contributed by atoms with Gasteiger partial charge in [0.25, 0.3) is 0 Å². The summed E-state index contributed by atoms with van der Waals surface area (Å²) in [5.74, 6) is 0.431. The van der Waals surface area contributed by atoms with E-state index in [0.29, 0.717) is 42.3 Å². The molecule has 1 saturated heterocycles. The number of Topliss-reactive ketones (excluding diaryl/α,β-unsaturated/α-hetero) is 1. The summed E-state index contributed by atoms with van der Waals surface area (Å²) in [6, 6.07) is 11.9. The van der Waals surface area contributed by atoms with E-state index in [9.17, 15) is 14.4 Å². The fourth-order valence-electron chi connectivity index (χ4n) is 6.52. The normalized spacial score (nSPS) is 15.3. The molecule has 0 radical (unpaired) electrons. The summed E-state index contributed by atoms with van der Waals surface area (Å²) in [6.45, 7) is 4.00. The van der Waals surface area contributed by atoms with Gasteiger partial charge in [0.05, 0.1) is 17.4 Å². The number of ether oxygens (including phenoxy) is 1. The number of ketones is 1. The Morgan fingerprint density at radius 1 is 1.02 bits per heavy atom. The number of pyridine rings is 3. The van der Waals surface area contributed by atoms with Gasteiger partial charge in [-0.25, -0.2) is 9.78 Å². The first-order valence-corrected chi connectivity index (χ1v) is 16.1. The maximum Gasteiger partial charge on any atom is 0.323 e. The summed E-state index contributed by atoms with van der Waals surface area (Å²) in [5, 5.41) is 6.38. The zero-order chi connectivity index (χ0) is 34.1. The largest absolute Gasteiger partial charge is 0.452 e. The Kier molecular flexibility index (Phi) is 8.52. The first-order valence-electron chi connectivity index (χ1n) is 16.1. The molecule has 0 aliphatic carbocycles. The van der Waals surface area contributed by atoms with Crippen molar-refractivity contribution in [3.05, 3.63) is 108 Å². The van der Waals surface area contributed by atoms with E-state index in [-0.39, 0.29) is 23.4 Å². The van der Waals surface area contributed by atoms with Crippen LogP contribution in [0, 0.1) is 12.8 Å². The second-order valence-corrected chi connectivity index (χ2v) is 12.5. The SMILES string of the molecule is Cc1cnccc1CN(C)C(=O)C1CCN(c2ccnc3c2c(/C=C2\Oc4ccc(NC(=O)Nc5cccnc5)cc4C2=O)cn3C)CC1. The molecule has 5 aromatic rings. The summed E-state index contributed by atoms with van der Waals surface area (Å²) in [7, 11) is 3.79. The fraction of sp³-hybridized carbons (Fsp3) is 0.243. The van der Waals surface area contributed by atoms with Crippen LogP contribution in [-0.2, 0) is 18.4 Å². The van der Waals surface area contributed by atoms with Crippen LogP contribution in [0.15, 0.2) is 85.4 Å². The lowest BCUT2D eigenvalue weighted by atomic mass is 9.94. The minimum Gasteiger partial charge on any atom is -0.452 e. The highest BCUT2D eigenvalue weighted by molar-refractivity contribution is 6.16. The van der Waals surface area contributed by atoms with Crippen molar-refractivity contribution in [1.29, 1.82) is 0 Å². The third-order valence-electron chi connectivity index (χ3n) is 9.10. The number of hydrogen-bond donors (Lipinski definition) is 2. The van der Waals surface area contributed by atoms with Crippen LogP contribution < -0.4 is 20.3 Å². The average molecular weight is 657 g/mol. The van der Waals surface area contributed by atoms with Crippen molar-refractivity contribution >= 4 is 51.9 Å². The molecule has 7 rings (SSSR count). The maximum absolute atomic E-state index is 13.5. The molecule has 248 valence electrons. The lowest BCUT2D eigenvalue weighted by molar-refractivity contribution is -0.135. The van der Waals surface area contributed by atoms with Gasteiger partial charge in [0.2, 0.25) is 11.7 Å². The van der Waals surface area contributed by atoms with E-state index in [1.165, 1.54) is 0 Å². The Hall–Kier alpha value is -6.04. The number of amides is 3. The van der Waals surface area contributed by atoms with E-state index in [1.807, 2.05) is 55.0 Å². The Morgan fingerprint density at radius 3 is 2.59 bits per heavy atom. The number of benzene rings is 1. The molecule has 2 aliphatic heterocycles. The van der Waals surface area contributed by atoms with Gasteiger partial charge in [-0.15, -0.1) is 0 Å². The number of aryl methyl sites for hydroxylation is 2. The monoisotopic (exact) mass is 656 g/mol. The number of anilines is 3. The third kappa shape index (κ3) is 6.45. The molecule has 49 heavy (non-hydrogen) atoms. The van der Waals surface area contributed by atoms with E-state index in [1.54, 1.807) is 61.2 Å². The number of urea groups is 1. The van der Waals surface area contributed by atoms with Gasteiger partial charge in [-0.2, -0.15) is 0 Å². The van der Waals surface area contributed by atoms with Gasteiger partial charge in [0, 0.05) is 93.0 Å². The summed E-state index contributed by atoms with van der Waals surface area (Å²) >= 11 is 0. The maximum atomic E-state index is 13.5. The van der Waals surface area contributed by atoms with Gasteiger partial charge in [0.15, 0.2) is 5.76 Å². The van der Waals surface area contributed by atoms with Crippen molar-refractivity contribution in [3.63, 3.8) is 0 Å². The van der Waals surface area contributed by atoms with Crippen LogP contribution in [0.5, 0.6) is 5.75 Å². The Morgan fingerprint density at radius 2 is 1.82 bits per heavy atom. The van der Waals surface area contributed by atoms with Crippen molar-refractivity contribution in [3.8, 4) is 5.75 Å². The van der Waals surface area contributed by atoms with Gasteiger partial charge < -0.3 is 29.7 Å². The van der Waals surface area contributed by atoms with Crippen molar-refractivity contribution in [2.75, 3.05) is 35.7 Å². The van der Waals surface area contributed by atoms with E-state index < -0.39 is 6.03 Å². The zero-order valence-electron chi connectivity index (χ0n) is 27.5. The molecular formula is C37H36N8O4. The second kappa shape index (κ2) is 13.2. The lowest BCUT2D eigenvalue weighted by Gasteiger charge is -2.35. The van der Waals surface area contributed by atoms with E-state index in [4.69, 9.17) is 4.74 Å². The molecule has 0 saturated carbocycles. The number of piperidine rings is 1. The van der Waals surface area contributed by atoms with E-state index in [2.05, 4.69) is 30.5 Å². The highest BCUT2D eigenvalue weighted by Gasteiger charge is 2.31. The predicted octanol–water partition coefficient (Wildman–Crippen LogP) is 5.81. The number of carbonyl (C=O) groups is 3. The van der Waals surface area contributed by atoms with Crippen LogP contribution in [0.2, 0.25) is 0 Å². The van der Waals surface area contributed by atoms with Gasteiger partial charge in [-0.05, 0) is 79.4 Å². The lowest BCUT2D eigenvalue weighted by Crippen LogP contribution is -2.41. The number of nitrogens with one attached hydrogen (secondary N) is 2. The van der Waals surface area contributed by atoms with Crippen LogP contribution in [-0.4, -0.2) is 62.3 Å². The topological polar surface area (TPSA) is 135 Å². The molecule has 0 atom stereocenters.